The Morgan fingerprint density at radius 1 is 1.25 bits per heavy atom. The number of benzene rings is 1. The Morgan fingerprint density at radius 3 is 2.29 bits per heavy atom. The van der Waals surface area contributed by atoms with Crippen molar-refractivity contribution < 1.29 is 17.9 Å². The predicted octanol–water partition coefficient (Wildman–Crippen LogP) is 0.949. The summed E-state index contributed by atoms with van der Waals surface area (Å²) in [5.74, 6) is 0.527. The summed E-state index contributed by atoms with van der Waals surface area (Å²) in [5.41, 5.74) is -0.252. The van der Waals surface area contributed by atoms with E-state index in [1.54, 1.807) is 12.1 Å². The molecule has 1 aromatic rings. The van der Waals surface area contributed by atoms with Gasteiger partial charge in [0.15, 0.2) is 0 Å². The van der Waals surface area contributed by atoms with E-state index in [0.717, 1.165) is 6.54 Å². The number of carbonyl (C=O) groups excluding carboxylic acids is 1. The van der Waals surface area contributed by atoms with Crippen molar-refractivity contribution >= 4 is 15.9 Å². The molecule has 0 radical (unpaired) electrons. The summed E-state index contributed by atoms with van der Waals surface area (Å²) in [6.45, 7) is 9.81. The lowest BCUT2D eigenvalue weighted by Gasteiger charge is -2.24. The average molecular weight is 357 g/mol. The molecule has 7 nitrogen and oxygen atoms in total. The Kier molecular flexibility index (Phi) is 7.19. The van der Waals surface area contributed by atoms with Crippen LogP contribution in [0.15, 0.2) is 29.2 Å². The SMILES string of the molecule is CCN(CCOc1ccc(S(N)(=O)=O)cc1)CC(=O)NC(C)(C)C. The van der Waals surface area contributed by atoms with Crippen molar-refractivity contribution in [2.45, 2.75) is 38.1 Å². The molecule has 0 spiro atoms. The third-order valence-corrected chi connectivity index (χ3v) is 4.09. The van der Waals surface area contributed by atoms with Crippen molar-refractivity contribution in [2.75, 3.05) is 26.2 Å². The van der Waals surface area contributed by atoms with Gasteiger partial charge in [-0.25, -0.2) is 13.6 Å². The van der Waals surface area contributed by atoms with Crippen molar-refractivity contribution in [3.05, 3.63) is 24.3 Å². The molecule has 0 unspecified atom stereocenters. The molecule has 0 atom stereocenters. The average Bonchev–Trinajstić information content (AvgIpc) is 2.43. The van der Waals surface area contributed by atoms with Gasteiger partial charge in [0, 0.05) is 12.1 Å². The topological polar surface area (TPSA) is 102 Å². The zero-order valence-electron chi connectivity index (χ0n) is 14.7. The normalized spacial score (nSPS) is 12.2. The third kappa shape index (κ3) is 7.76. The molecule has 0 saturated heterocycles. The lowest BCUT2D eigenvalue weighted by atomic mass is 10.1. The van der Waals surface area contributed by atoms with E-state index in [0.29, 0.717) is 25.4 Å². The molecule has 1 amide bonds. The van der Waals surface area contributed by atoms with E-state index >= 15 is 0 Å². The van der Waals surface area contributed by atoms with Gasteiger partial charge in [-0.2, -0.15) is 0 Å². The van der Waals surface area contributed by atoms with E-state index in [9.17, 15) is 13.2 Å². The number of nitrogens with zero attached hydrogens (tertiary/aromatic N) is 1. The van der Waals surface area contributed by atoms with Crippen LogP contribution in [-0.4, -0.2) is 51.0 Å². The molecule has 0 bridgehead atoms. The van der Waals surface area contributed by atoms with Gasteiger partial charge in [-0.05, 0) is 51.6 Å². The fourth-order valence-electron chi connectivity index (χ4n) is 2.03. The van der Waals surface area contributed by atoms with Crippen LogP contribution in [0.25, 0.3) is 0 Å². The van der Waals surface area contributed by atoms with Gasteiger partial charge in [0.25, 0.3) is 0 Å². The Balaban J connectivity index is 2.45. The van der Waals surface area contributed by atoms with Crippen LogP contribution in [0.3, 0.4) is 0 Å². The molecule has 24 heavy (non-hydrogen) atoms. The van der Waals surface area contributed by atoms with Gasteiger partial charge >= 0.3 is 0 Å². The maximum Gasteiger partial charge on any atom is 0.238 e. The molecule has 3 N–H and O–H groups in total. The zero-order valence-corrected chi connectivity index (χ0v) is 15.5. The predicted molar refractivity (Wildman–Crippen MR) is 93.3 cm³/mol. The van der Waals surface area contributed by atoms with Crippen LogP contribution in [0.1, 0.15) is 27.7 Å². The molecule has 0 aromatic heterocycles. The Hall–Kier alpha value is -1.64. The summed E-state index contributed by atoms with van der Waals surface area (Å²) in [7, 11) is -3.69. The Bertz CT molecular complexity index is 636. The van der Waals surface area contributed by atoms with Gasteiger partial charge < -0.3 is 10.1 Å². The highest BCUT2D eigenvalue weighted by Gasteiger charge is 2.16. The van der Waals surface area contributed by atoms with Gasteiger partial charge in [0.2, 0.25) is 15.9 Å². The molecule has 0 saturated carbocycles. The standard InChI is InChI=1S/C16H27N3O4S/c1-5-19(12-15(20)18-16(2,3)4)10-11-23-13-6-8-14(9-7-13)24(17,21)22/h6-9H,5,10-12H2,1-4H3,(H,18,20)(H2,17,21,22). The van der Waals surface area contributed by atoms with Crippen molar-refractivity contribution in [2.24, 2.45) is 5.14 Å². The number of ether oxygens (including phenoxy) is 1. The molecule has 0 aliphatic rings. The van der Waals surface area contributed by atoms with Crippen LogP contribution in [-0.2, 0) is 14.8 Å². The summed E-state index contributed by atoms with van der Waals surface area (Å²) in [5, 5.41) is 7.96. The number of sulfonamides is 1. The number of hydrogen-bond donors (Lipinski definition) is 2. The van der Waals surface area contributed by atoms with E-state index < -0.39 is 10.0 Å². The number of likely N-dealkylation sites (N-methyl/N-ethyl adjacent to an activating group) is 1. The first-order valence-corrected chi connectivity index (χ1v) is 9.35. The van der Waals surface area contributed by atoms with Crippen LogP contribution in [0.2, 0.25) is 0 Å². The second-order valence-electron chi connectivity index (χ2n) is 6.53. The third-order valence-electron chi connectivity index (χ3n) is 3.16. The van der Waals surface area contributed by atoms with E-state index in [-0.39, 0.29) is 16.3 Å². The van der Waals surface area contributed by atoms with Gasteiger partial charge in [-0.3, -0.25) is 9.69 Å². The Labute approximate surface area is 144 Å². The lowest BCUT2D eigenvalue weighted by Crippen LogP contribution is -2.46. The maximum atomic E-state index is 11.9. The van der Waals surface area contributed by atoms with E-state index in [1.165, 1.54) is 12.1 Å². The maximum absolute atomic E-state index is 11.9. The van der Waals surface area contributed by atoms with Crippen molar-refractivity contribution in [1.82, 2.24) is 10.2 Å². The zero-order chi connectivity index (χ0) is 18.4. The van der Waals surface area contributed by atoms with Crippen LogP contribution in [0, 0.1) is 0 Å². The van der Waals surface area contributed by atoms with Crippen molar-refractivity contribution in [1.29, 1.82) is 0 Å². The summed E-state index contributed by atoms with van der Waals surface area (Å²) in [6, 6.07) is 5.92. The largest absolute Gasteiger partial charge is 0.492 e. The van der Waals surface area contributed by atoms with E-state index in [1.807, 2.05) is 32.6 Å². The molecule has 1 aromatic carbocycles. The van der Waals surface area contributed by atoms with Crippen LogP contribution in [0.4, 0.5) is 0 Å². The first-order valence-electron chi connectivity index (χ1n) is 7.80. The summed E-state index contributed by atoms with van der Waals surface area (Å²) in [4.78, 5) is 13.9. The highest BCUT2D eigenvalue weighted by molar-refractivity contribution is 7.89. The molecule has 0 aliphatic heterocycles. The van der Waals surface area contributed by atoms with Crippen molar-refractivity contribution in [3.63, 3.8) is 0 Å². The van der Waals surface area contributed by atoms with Crippen LogP contribution in [0.5, 0.6) is 5.75 Å². The second kappa shape index (κ2) is 8.46. The number of hydrogen-bond acceptors (Lipinski definition) is 5. The molecule has 8 heteroatoms. The molecule has 1 rings (SSSR count). The number of carbonyl (C=O) groups is 1. The fraction of sp³-hybridized carbons (Fsp3) is 0.562. The van der Waals surface area contributed by atoms with E-state index in [4.69, 9.17) is 9.88 Å². The lowest BCUT2D eigenvalue weighted by molar-refractivity contribution is -0.123. The van der Waals surface area contributed by atoms with Crippen molar-refractivity contribution in [3.8, 4) is 5.75 Å². The van der Waals surface area contributed by atoms with Crippen LogP contribution >= 0.6 is 0 Å². The number of rotatable bonds is 8. The van der Waals surface area contributed by atoms with Crippen LogP contribution < -0.4 is 15.2 Å². The first kappa shape index (κ1) is 20.4. The summed E-state index contributed by atoms with van der Waals surface area (Å²) in [6.07, 6.45) is 0. The molecule has 0 fully saturated rings. The molecule has 0 aliphatic carbocycles. The number of nitrogens with one attached hydrogen (secondary N) is 1. The molecule has 136 valence electrons. The minimum Gasteiger partial charge on any atom is -0.492 e. The highest BCUT2D eigenvalue weighted by atomic mass is 32.2. The second-order valence-corrected chi connectivity index (χ2v) is 8.09. The first-order chi connectivity index (χ1) is 11.0. The Morgan fingerprint density at radius 2 is 1.83 bits per heavy atom. The van der Waals surface area contributed by atoms with Gasteiger partial charge in [0.05, 0.1) is 11.4 Å². The molecular formula is C16H27N3O4S. The minimum absolute atomic E-state index is 0.0261. The smallest absolute Gasteiger partial charge is 0.238 e. The quantitative estimate of drug-likeness (QED) is 0.721. The highest BCUT2D eigenvalue weighted by Crippen LogP contribution is 2.14. The van der Waals surface area contributed by atoms with Gasteiger partial charge in [-0.1, -0.05) is 6.92 Å². The van der Waals surface area contributed by atoms with Gasteiger partial charge in [-0.15, -0.1) is 0 Å². The van der Waals surface area contributed by atoms with Gasteiger partial charge in [0.1, 0.15) is 12.4 Å². The summed E-state index contributed by atoms with van der Waals surface area (Å²) < 4.78 is 27.9. The number of amides is 1. The number of primary sulfonamides is 1. The molecular weight excluding hydrogens is 330 g/mol. The minimum atomic E-state index is -3.69. The fourth-order valence-corrected chi connectivity index (χ4v) is 2.54. The number of nitrogens with two attached hydrogens (primary N) is 1. The molecule has 0 heterocycles. The van der Waals surface area contributed by atoms with E-state index in [2.05, 4.69) is 5.32 Å². The summed E-state index contributed by atoms with van der Waals surface area (Å²) >= 11 is 0. The monoisotopic (exact) mass is 357 g/mol.